The van der Waals surface area contributed by atoms with Gasteiger partial charge in [-0.3, -0.25) is 9.69 Å². The lowest BCUT2D eigenvalue weighted by atomic mass is 10.0. The van der Waals surface area contributed by atoms with Gasteiger partial charge in [0.1, 0.15) is 17.5 Å². The molecular formula is C14H19NO4. The minimum atomic E-state index is -0.818. The zero-order chi connectivity index (χ0) is 14.2. The fraction of sp³-hybridized carbons (Fsp3) is 0.500. The molecule has 104 valence electrons. The van der Waals surface area contributed by atoms with Crippen LogP contribution in [0, 0.1) is 5.92 Å². The highest BCUT2D eigenvalue weighted by Crippen LogP contribution is 2.35. The Hall–Kier alpha value is -1.75. The molecule has 2 rings (SSSR count). The van der Waals surface area contributed by atoms with Gasteiger partial charge in [-0.05, 0) is 43.5 Å². The van der Waals surface area contributed by atoms with Crippen LogP contribution in [0.2, 0.25) is 0 Å². The van der Waals surface area contributed by atoms with E-state index >= 15 is 0 Å². The summed E-state index contributed by atoms with van der Waals surface area (Å²) in [6.07, 6.45) is 0.839. The SMILES string of the molecule is CC1CCN(C(C)c2cc(O)cc(O)c2)C1C(=O)O. The number of phenolic OH excluding ortho intramolecular Hbond substituents is 2. The molecule has 1 aromatic carbocycles. The Morgan fingerprint density at radius 2 is 1.89 bits per heavy atom. The summed E-state index contributed by atoms with van der Waals surface area (Å²) in [5.74, 6) is -0.742. The van der Waals surface area contributed by atoms with Crippen LogP contribution in [0.1, 0.15) is 31.9 Å². The second kappa shape index (κ2) is 5.09. The van der Waals surface area contributed by atoms with Gasteiger partial charge in [-0.1, -0.05) is 6.92 Å². The summed E-state index contributed by atoms with van der Waals surface area (Å²) in [6, 6.07) is 3.71. The van der Waals surface area contributed by atoms with E-state index in [0.717, 1.165) is 12.0 Å². The van der Waals surface area contributed by atoms with E-state index in [1.807, 2.05) is 18.7 Å². The number of aromatic hydroxyl groups is 2. The first-order valence-electron chi connectivity index (χ1n) is 6.41. The normalized spacial score (nSPS) is 25.4. The summed E-state index contributed by atoms with van der Waals surface area (Å²) < 4.78 is 0. The summed E-state index contributed by atoms with van der Waals surface area (Å²) in [6.45, 7) is 4.53. The number of rotatable bonds is 3. The summed E-state index contributed by atoms with van der Waals surface area (Å²) >= 11 is 0. The Labute approximate surface area is 112 Å². The number of carbonyl (C=O) groups is 1. The van der Waals surface area contributed by atoms with Crippen molar-refractivity contribution in [2.24, 2.45) is 5.92 Å². The van der Waals surface area contributed by atoms with Gasteiger partial charge in [0.25, 0.3) is 0 Å². The van der Waals surface area contributed by atoms with Gasteiger partial charge in [-0.2, -0.15) is 0 Å². The predicted octanol–water partition coefficient (Wildman–Crippen LogP) is 1.95. The van der Waals surface area contributed by atoms with Gasteiger partial charge in [0.15, 0.2) is 0 Å². The summed E-state index contributed by atoms with van der Waals surface area (Å²) in [7, 11) is 0. The van der Waals surface area contributed by atoms with Gasteiger partial charge < -0.3 is 15.3 Å². The first kappa shape index (κ1) is 13.7. The van der Waals surface area contributed by atoms with Crippen molar-refractivity contribution in [3.63, 3.8) is 0 Å². The molecule has 0 aliphatic carbocycles. The Balaban J connectivity index is 2.28. The van der Waals surface area contributed by atoms with Crippen LogP contribution in [0.3, 0.4) is 0 Å². The minimum absolute atomic E-state index is 0.0130. The molecule has 1 aromatic rings. The van der Waals surface area contributed by atoms with Gasteiger partial charge in [0, 0.05) is 12.1 Å². The molecular weight excluding hydrogens is 246 g/mol. The number of nitrogens with zero attached hydrogens (tertiary/aromatic N) is 1. The minimum Gasteiger partial charge on any atom is -0.508 e. The summed E-state index contributed by atoms with van der Waals surface area (Å²) in [4.78, 5) is 13.3. The van der Waals surface area contributed by atoms with E-state index in [-0.39, 0.29) is 23.5 Å². The molecule has 1 heterocycles. The molecule has 0 spiro atoms. The lowest BCUT2D eigenvalue weighted by Gasteiger charge is -2.30. The topological polar surface area (TPSA) is 81.0 Å². The molecule has 0 saturated carbocycles. The van der Waals surface area contributed by atoms with Gasteiger partial charge >= 0.3 is 5.97 Å². The van der Waals surface area contributed by atoms with Crippen LogP contribution < -0.4 is 0 Å². The molecule has 1 saturated heterocycles. The van der Waals surface area contributed by atoms with Crippen LogP contribution in [-0.2, 0) is 4.79 Å². The molecule has 3 N–H and O–H groups in total. The van der Waals surface area contributed by atoms with Crippen LogP contribution in [0.4, 0.5) is 0 Å². The maximum Gasteiger partial charge on any atom is 0.321 e. The number of carboxylic acid groups (broad SMARTS) is 1. The number of likely N-dealkylation sites (tertiary alicyclic amines) is 1. The average Bonchev–Trinajstić information content (AvgIpc) is 2.68. The van der Waals surface area contributed by atoms with E-state index in [2.05, 4.69) is 0 Å². The molecule has 1 fully saturated rings. The zero-order valence-corrected chi connectivity index (χ0v) is 11.1. The Morgan fingerprint density at radius 3 is 2.42 bits per heavy atom. The Bertz CT molecular complexity index is 468. The van der Waals surface area contributed by atoms with E-state index in [1.165, 1.54) is 6.07 Å². The highest BCUT2D eigenvalue weighted by molar-refractivity contribution is 5.74. The lowest BCUT2D eigenvalue weighted by molar-refractivity contribution is -0.144. The third-order valence-electron chi connectivity index (χ3n) is 3.90. The first-order valence-corrected chi connectivity index (χ1v) is 6.41. The van der Waals surface area contributed by atoms with E-state index in [1.54, 1.807) is 12.1 Å². The number of carboxylic acids is 1. The van der Waals surface area contributed by atoms with Crippen LogP contribution in [-0.4, -0.2) is 38.8 Å². The molecule has 3 unspecified atom stereocenters. The predicted molar refractivity (Wildman–Crippen MR) is 70.1 cm³/mol. The van der Waals surface area contributed by atoms with Crippen molar-refractivity contribution in [2.45, 2.75) is 32.4 Å². The molecule has 5 heteroatoms. The van der Waals surface area contributed by atoms with Gasteiger partial charge in [0.2, 0.25) is 0 Å². The number of benzene rings is 1. The molecule has 19 heavy (non-hydrogen) atoms. The van der Waals surface area contributed by atoms with Crippen LogP contribution in [0.15, 0.2) is 18.2 Å². The van der Waals surface area contributed by atoms with E-state index in [0.29, 0.717) is 6.54 Å². The molecule has 1 aliphatic rings. The van der Waals surface area contributed by atoms with Crippen LogP contribution in [0.25, 0.3) is 0 Å². The quantitative estimate of drug-likeness (QED) is 0.778. The van der Waals surface area contributed by atoms with Crippen molar-refractivity contribution >= 4 is 5.97 Å². The number of hydrogen-bond donors (Lipinski definition) is 3. The van der Waals surface area contributed by atoms with Crippen molar-refractivity contribution in [3.05, 3.63) is 23.8 Å². The number of aliphatic carboxylic acids is 1. The van der Waals surface area contributed by atoms with Crippen molar-refractivity contribution in [1.82, 2.24) is 4.90 Å². The van der Waals surface area contributed by atoms with Crippen LogP contribution >= 0.6 is 0 Å². The third kappa shape index (κ3) is 2.66. The molecule has 0 bridgehead atoms. The first-order chi connectivity index (χ1) is 8.90. The van der Waals surface area contributed by atoms with Crippen molar-refractivity contribution in [3.8, 4) is 11.5 Å². The Morgan fingerprint density at radius 1 is 1.32 bits per heavy atom. The zero-order valence-electron chi connectivity index (χ0n) is 11.1. The van der Waals surface area contributed by atoms with E-state index in [9.17, 15) is 20.1 Å². The second-order valence-corrected chi connectivity index (χ2v) is 5.25. The summed E-state index contributed by atoms with van der Waals surface area (Å²) in [5, 5.41) is 28.4. The molecule has 5 nitrogen and oxygen atoms in total. The van der Waals surface area contributed by atoms with E-state index in [4.69, 9.17) is 0 Å². The lowest BCUT2D eigenvalue weighted by Crippen LogP contribution is -2.40. The third-order valence-corrected chi connectivity index (χ3v) is 3.90. The van der Waals surface area contributed by atoms with Crippen LogP contribution in [0.5, 0.6) is 11.5 Å². The molecule has 1 aliphatic heterocycles. The maximum absolute atomic E-state index is 11.4. The fourth-order valence-corrected chi connectivity index (χ4v) is 2.85. The standard InChI is InChI=1S/C14H19NO4/c1-8-3-4-15(13(8)14(18)19)9(2)10-5-11(16)7-12(17)6-10/h5-9,13,16-17H,3-4H2,1-2H3,(H,18,19). The van der Waals surface area contributed by atoms with E-state index < -0.39 is 12.0 Å². The summed E-state index contributed by atoms with van der Waals surface area (Å²) in [5.41, 5.74) is 0.720. The average molecular weight is 265 g/mol. The smallest absolute Gasteiger partial charge is 0.321 e. The molecule has 0 amide bonds. The fourth-order valence-electron chi connectivity index (χ4n) is 2.85. The van der Waals surface area contributed by atoms with Gasteiger partial charge in [0.05, 0.1) is 0 Å². The maximum atomic E-state index is 11.4. The largest absolute Gasteiger partial charge is 0.508 e. The molecule has 3 atom stereocenters. The number of phenols is 2. The number of hydrogen-bond acceptors (Lipinski definition) is 4. The molecule has 0 radical (unpaired) electrons. The van der Waals surface area contributed by atoms with Gasteiger partial charge in [-0.15, -0.1) is 0 Å². The second-order valence-electron chi connectivity index (χ2n) is 5.25. The molecule has 0 aromatic heterocycles. The van der Waals surface area contributed by atoms with Crippen molar-refractivity contribution < 1.29 is 20.1 Å². The highest BCUT2D eigenvalue weighted by Gasteiger charge is 2.39. The monoisotopic (exact) mass is 265 g/mol. The van der Waals surface area contributed by atoms with Crippen molar-refractivity contribution in [2.75, 3.05) is 6.54 Å². The van der Waals surface area contributed by atoms with Crippen molar-refractivity contribution in [1.29, 1.82) is 0 Å². The Kier molecular flexibility index (Phi) is 3.66. The highest BCUT2D eigenvalue weighted by atomic mass is 16.4. The van der Waals surface area contributed by atoms with Gasteiger partial charge in [-0.25, -0.2) is 0 Å².